The quantitative estimate of drug-likeness (QED) is 0.235. The summed E-state index contributed by atoms with van der Waals surface area (Å²) in [6.07, 6.45) is 0. The van der Waals surface area contributed by atoms with Crippen LogP contribution >= 0.6 is 0 Å². The topological polar surface area (TPSA) is 51.2 Å². The fourth-order valence-electron chi connectivity index (χ4n) is 1.01. The lowest BCUT2D eigenvalue weighted by Gasteiger charge is -1.97. The predicted molar refractivity (Wildman–Crippen MR) is 50.7 cm³/mol. The van der Waals surface area contributed by atoms with Crippen LogP contribution < -0.4 is 0 Å². The van der Waals surface area contributed by atoms with Gasteiger partial charge in [-0.2, -0.15) is 0 Å². The van der Waals surface area contributed by atoms with E-state index in [1.54, 1.807) is 30.3 Å². The van der Waals surface area contributed by atoms with E-state index in [2.05, 4.69) is 0 Å². The first-order valence-corrected chi connectivity index (χ1v) is 4.02. The van der Waals surface area contributed by atoms with Crippen molar-refractivity contribution >= 4 is 17.5 Å². The van der Waals surface area contributed by atoms with Gasteiger partial charge in [-0.25, -0.2) is 4.79 Å². The van der Waals surface area contributed by atoms with Crippen molar-refractivity contribution in [1.82, 2.24) is 0 Å². The van der Waals surface area contributed by atoms with E-state index in [-0.39, 0.29) is 0 Å². The van der Waals surface area contributed by atoms with Gasteiger partial charge < -0.3 is 0 Å². The molecule has 3 nitrogen and oxygen atoms in total. The van der Waals surface area contributed by atoms with Crippen LogP contribution in [-0.4, -0.2) is 17.5 Å². The monoisotopic (exact) mass is 188 g/mol. The smallest absolute Gasteiger partial charge is 0.207 e. The fraction of sp³-hybridized carbons (Fsp3) is 0.0909. The van der Waals surface area contributed by atoms with E-state index in [0.29, 0.717) is 5.56 Å². The minimum absolute atomic E-state index is 0.320. The van der Waals surface area contributed by atoms with Crippen LogP contribution in [0.4, 0.5) is 0 Å². The van der Waals surface area contributed by atoms with Crippen LogP contribution in [0.5, 0.6) is 0 Å². The van der Waals surface area contributed by atoms with Crippen LogP contribution in [0.25, 0.3) is 0 Å². The molecule has 0 amide bonds. The van der Waals surface area contributed by atoms with Gasteiger partial charge in [-0.3, -0.25) is 9.59 Å². The standard InChI is InChI=1S/C11H8O3/c1-8(13)10(7-12)11(14)9-5-3-2-4-6-9/h2-6H,1H3. The third kappa shape index (κ3) is 2.03. The van der Waals surface area contributed by atoms with Gasteiger partial charge in [0, 0.05) is 12.5 Å². The third-order valence-electron chi connectivity index (χ3n) is 1.72. The summed E-state index contributed by atoms with van der Waals surface area (Å²) in [6, 6.07) is 8.16. The van der Waals surface area contributed by atoms with Gasteiger partial charge in [0.05, 0.1) is 0 Å². The molecule has 1 aromatic rings. The Labute approximate surface area is 81.1 Å². The number of carbonyl (C=O) groups is 2. The first kappa shape index (κ1) is 10.1. The average Bonchev–Trinajstić information content (AvgIpc) is 2.19. The first-order valence-electron chi connectivity index (χ1n) is 4.02. The first-order chi connectivity index (χ1) is 6.66. The maximum absolute atomic E-state index is 11.5. The van der Waals surface area contributed by atoms with Crippen molar-refractivity contribution in [1.29, 1.82) is 0 Å². The zero-order chi connectivity index (χ0) is 10.6. The highest BCUT2D eigenvalue weighted by Gasteiger charge is 2.16. The minimum Gasteiger partial charge on any atom is -0.294 e. The Bertz CT molecular complexity index is 411. The second kappa shape index (κ2) is 4.30. The van der Waals surface area contributed by atoms with E-state index < -0.39 is 17.1 Å². The summed E-state index contributed by atoms with van der Waals surface area (Å²) in [5.74, 6) is 0.230. The van der Waals surface area contributed by atoms with Crippen LogP contribution in [0, 0.1) is 0 Å². The van der Waals surface area contributed by atoms with Gasteiger partial charge in [-0.05, 0) is 0 Å². The van der Waals surface area contributed by atoms with E-state index in [1.165, 1.54) is 12.9 Å². The second-order valence-electron chi connectivity index (χ2n) is 2.73. The molecule has 0 N–H and O–H groups in total. The van der Waals surface area contributed by atoms with Crippen LogP contribution in [0.3, 0.4) is 0 Å². The molecule has 0 saturated carbocycles. The van der Waals surface area contributed by atoms with Crippen LogP contribution in [-0.2, 0) is 9.59 Å². The maximum atomic E-state index is 11.5. The summed E-state index contributed by atoms with van der Waals surface area (Å²) < 4.78 is 0. The molecule has 0 fully saturated rings. The van der Waals surface area contributed by atoms with E-state index in [9.17, 15) is 14.4 Å². The lowest BCUT2D eigenvalue weighted by molar-refractivity contribution is -0.113. The molecular weight excluding hydrogens is 180 g/mol. The van der Waals surface area contributed by atoms with Gasteiger partial charge in [0.15, 0.2) is 5.78 Å². The molecule has 70 valence electrons. The Morgan fingerprint density at radius 3 is 2.14 bits per heavy atom. The van der Waals surface area contributed by atoms with E-state index in [1.807, 2.05) is 0 Å². The molecule has 0 aromatic heterocycles. The minimum atomic E-state index is -0.576. The summed E-state index contributed by atoms with van der Waals surface area (Å²) in [4.78, 5) is 32.7. The number of ketones is 2. The van der Waals surface area contributed by atoms with Crippen molar-refractivity contribution < 1.29 is 14.4 Å². The molecule has 3 heteroatoms. The molecule has 0 spiro atoms. The van der Waals surface area contributed by atoms with Gasteiger partial charge in [0.1, 0.15) is 11.5 Å². The van der Waals surface area contributed by atoms with Crippen molar-refractivity contribution in [2.24, 2.45) is 0 Å². The summed E-state index contributed by atoms with van der Waals surface area (Å²) in [6.45, 7) is 1.17. The molecule has 0 aliphatic rings. The van der Waals surface area contributed by atoms with Crippen molar-refractivity contribution in [2.75, 3.05) is 0 Å². The highest BCUT2D eigenvalue weighted by atomic mass is 16.2. The van der Waals surface area contributed by atoms with E-state index in [4.69, 9.17) is 0 Å². The Balaban J connectivity index is 3.09. The van der Waals surface area contributed by atoms with Gasteiger partial charge in [-0.1, -0.05) is 30.3 Å². The average molecular weight is 188 g/mol. The van der Waals surface area contributed by atoms with Crippen LogP contribution in [0.15, 0.2) is 35.9 Å². The molecule has 1 aromatic carbocycles. The zero-order valence-corrected chi connectivity index (χ0v) is 7.61. The molecule has 0 heterocycles. The molecular formula is C11H8O3. The Kier molecular flexibility index (Phi) is 3.10. The lowest BCUT2D eigenvalue weighted by Crippen LogP contribution is -2.10. The van der Waals surface area contributed by atoms with Crippen molar-refractivity contribution in [2.45, 2.75) is 6.92 Å². The third-order valence-corrected chi connectivity index (χ3v) is 1.72. The molecule has 14 heavy (non-hydrogen) atoms. The van der Waals surface area contributed by atoms with E-state index >= 15 is 0 Å². The lowest BCUT2D eigenvalue weighted by atomic mass is 10.0. The zero-order valence-electron chi connectivity index (χ0n) is 7.61. The fourth-order valence-corrected chi connectivity index (χ4v) is 1.01. The molecule has 0 atom stereocenters. The van der Waals surface area contributed by atoms with Crippen molar-refractivity contribution in [3.63, 3.8) is 0 Å². The van der Waals surface area contributed by atoms with E-state index in [0.717, 1.165) is 0 Å². The van der Waals surface area contributed by atoms with Gasteiger partial charge in [0.2, 0.25) is 5.78 Å². The number of hydrogen-bond donors (Lipinski definition) is 0. The maximum Gasteiger partial charge on any atom is 0.207 e. The van der Waals surface area contributed by atoms with Gasteiger partial charge >= 0.3 is 0 Å². The normalized spacial score (nSPS) is 8.93. The largest absolute Gasteiger partial charge is 0.294 e. The number of allylic oxidation sites excluding steroid dienone is 1. The van der Waals surface area contributed by atoms with Gasteiger partial charge in [-0.15, -0.1) is 0 Å². The molecule has 0 unspecified atom stereocenters. The van der Waals surface area contributed by atoms with Crippen molar-refractivity contribution in [3.05, 3.63) is 41.5 Å². The highest BCUT2D eigenvalue weighted by Crippen LogP contribution is 2.06. The highest BCUT2D eigenvalue weighted by molar-refractivity contribution is 6.30. The summed E-state index contributed by atoms with van der Waals surface area (Å²) >= 11 is 0. The van der Waals surface area contributed by atoms with Crippen molar-refractivity contribution in [3.8, 4) is 0 Å². The molecule has 1 rings (SSSR count). The van der Waals surface area contributed by atoms with Gasteiger partial charge in [0.25, 0.3) is 0 Å². The molecule has 0 aliphatic carbocycles. The Morgan fingerprint density at radius 2 is 1.71 bits per heavy atom. The number of benzene rings is 1. The SMILES string of the molecule is CC(=O)C(=C=O)C(=O)c1ccccc1. The Morgan fingerprint density at radius 1 is 1.14 bits per heavy atom. The number of rotatable bonds is 3. The Hall–Kier alpha value is -1.99. The molecule has 0 radical (unpaired) electrons. The predicted octanol–water partition coefficient (Wildman–Crippen LogP) is 1.22. The number of hydrogen-bond acceptors (Lipinski definition) is 3. The van der Waals surface area contributed by atoms with Crippen LogP contribution in [0.2, 0.25) is 0 Å². The molecule has 0 bridgehead atoms. The number of Topliss-reactive ketones (excluding diaryl/α,β-unsaturated/α-hetero) is 2. The van der Waals surface area contributed by atoms with Crippen LogP contribution in [0.1, 0.15) is 17.3 Å². The molecule has 0 saturated heterocycles. The second-order valence-corrected chi connectivity index (χ2v) is 2.73. The molecule has 0 aliphatic heterocycles. The summed E-state index contributed by atoms with van der Waals surface area (Å²) in [7, 11) is 0. The number of carbonyl (C=O) groups excluding carboxylic acids is 3. The summed E-state index contributed by atoms with van der Waals surface area (Å²) in [5, 5.41) is 0. The summed E-state index contributed by atoms with van der Waals surface area (Å²) in [5.41, 5.74) is -0.114.